The average Bonchev–Trinajstić information content (AvgIpc) is 2.58. The molecule has 3 heteroatoms. The molecule has 1 aliphatic rings. The summed E-state index contributed by atoms with van der Waals surface area (Å²) < 4.78 is 4.75. The second-order valence-electron chi connectivity index (χ2n) is 4.78. The molecule has 0 aromatic heterocycles. The van der Waals surface area contributed by atoms with E-state index in [1.54, 1.807) is 0 Å². The largest absolute Gasteiger partial charge is 0.469 e. The number of aliphatic hydroxyl groups is 1. The molecule has 0 spiro atoms. The van der Waals surface area contributed by atoms with Crippen LogP contribution in [-0.2, 0) is 9.53 Å². The Hall–Kier alpha value is -0.570. The summed E-state index contributed by atoms with van der Waals surface area (Å²) in [6, 6.07) is 0. The number of methoxy groups -OCH3 is 1. The predicted octanol–water partition coefficient (Wildman–Crippen LogP) is 2.52. The molecule has 2 unspecified atom stereocenters. The molecule has 0 aliphatic heterocycles. The lowest BCUT2D eigenvalue weighted by Gasteiger charge is -2.26. The molecule has 1 aliphatic carbocycles. The Morgan fingerprint density at radius 2 is 1.88 bits per heavy atom. The van der Waals surface area contributed by atoms with Gasteiger partial charge in [-0.1, -0.05) is 32.6 Å². The van der Waals surface area contributed by atoms with Crippen LogP contribution in [0.3, 0.4) is 0 Å². The third-order valence-electron chi connectivity index (χ3n) is 3.74. The van der Waals surface area contributed by atoms with Gasteiger partial charge in [-0.05, 0) is 25.2 Å². The SMILES string of the molecule is CCC(C(=O)OC)C(O)C1CCCCCC1. The van der Waals surface area contributed by atoms with E-state index >= 15 is 0 Å². The van der Waals surface area contributed by atoms with Crippen LogP contribution < -0.4 is 0 Å². The third-order valence-corrected chi connectivity index (χ3v) is 3.74. The van der Waals surface area contributed by atoms with Crippen LogP contribution in [0.1, 0.15) is 51.9 Å². The monoisotopic (exact) mass is 228 g/mol. The molecule has 0 heterocycles. The van der Waals surface area contributed by atoms with E-state index in [1.165, 1.54) is 32.8 Å². The molecule has 0 amide bonds. The number of carbonyl (C=O) groups excluding carboxylic acids is 1. The fourth-order valence-electron chi connectivity index (χ4n) is 2.68. The van der Waals surface area contributed by atoms with Crippen LogP contribution in [0.2, 0.25) is 0 Å². The smallest absolute Gasteiger partial charge is 0.311 e. The molecule has 1 rings (SSSR count). The molecule has 0 bridgehead atoms. The van der Waals surface area contributed by atoms with Crippen LogP contribution >= 0.6 is 0 Å². The first-order valence-corrected chi connectivity index (χ1v) is 6.46. The Kier molecular flexibility index (Phi) is 5.81. The first-order chi connectivity index (χ1) is 7.70. The normalized spacial score (nSPS) is 22.2. The molecular weight excluding hydrogens is 204 g/mol. The van der Waals surface area contributed by atoms with E-state index in [-0.39, 0.29) is 17.8 Å². The van der Waals surface area contributed by atoms with E-state index in [1.807, 2.05) is 6.92 Å². The topological polar surface area (TPSA) is 46.5 Å². The predicted molar refractivity (Wildman–Crippen MR) is 63.0 cm³/mol. The maximum atomic E-state index is 11.5. The molecule has 0 saturated heterocycles. The second kappa shape index (κ2) is 6.89. The zero-order valence-corrected chi connectivity index (χ0v) is 10.4. The molecule has 1 saturated carbocycles. The van der Waals surface area contributed by atoms with Crippen LogP contribution in [0, 0.1) is 11.8 Å². The van der Waals surface area contributed by atoms with E-state index in [0.29, 0.717) is 6.42 Å². The second-order valence-corrected chi connectivity index (χ2v) is 4.78. The molecule has 1 fully saturated rings. The highest BCUT2D eigenvalue weighted by Gasteiger charge is 2.32. The number of hydrogen-bond donors (Lipinski definition) is 1. The Bertz CT molecular complexity index is 207. The van der Waals surface area contributed by atoms with Gasteiger partial charge in [0.15, 0.2) is 0 Å². The summed E-state index contributed by atoms with van der Waals surface area (Å²) in [7, 11) is 1.39. The minimum Gasteiger partial charge on any atom is -0.469 e. The molecule has 0 aromatic rings. The van der Waals surface area contributed by atoms with Crippen LogP contribution in [-0.4, -0.2) is 24.3 Å². The number of hydrogen-bond acceptors (Lipinski definition) is 3. The van der Waals surface area contributed by atoms with Gasteiger partial charge in [-0.3, -0.25) is 4.79 Å². The average molecular weight is 228 g/mol. The summed E-state index contributed by atoms with van der Waals surface area (Å²) in [5, 5.41) is 10.3. The van der Waals surface area contributed by atoms with Crippen molar-refractivity contribution < 1.29 is 14.6 Å². The van der Waals surface area contributed by atoms with Crippen molar-refractivity contribution in [3.63, 3.8) is 0 Å². The van der Waals surface area contributed by atoms with Crippen molar-refractivity contribution in [2.75, 3.05) is 7.11 Å². The number of ether oxygens (including phenoxy) is 1. The lowest BCUT2D eigenvalue weighted by atomic mass is 9.84. The number of esters is 1. The van der Waals surface area contributed by atoms with Gasteiger partial charge in [-0.25, -0.2) is 0 Å². The summed E-state index contributed by atoms with van der Waals surface area (Å²) >= 11 is 0. The van der Waals surface area contributed by atoms with Gasteiger partial charge in [0, 0.05) is 0 Å². The number of aliphatic hydroxyl groups excluding tert-OH is 1. The maximum absolute atomic E-state index is 11.5. The van der Waals surface area contributed by atoms with Gasteiger partial charge in [-0.2, -0.15) is 0 Å². The molecule has 1 N–H and O–H groups in total. The van der Waals surface area contributed by atoms with Gasteiger partial charge >= 0.3 is 5.97 Å². The summed E-state index contributed by atoms with van der Waals surface area (Å²) in [6.07, 6.45) is 7.12. The van der Waals surface area contributed by atoms with Crippen molar-refractivity contribution in [3.05, 3.63) is 0 Å². The minimum absolute atomic E-state index is 0.265. The van der Waals surface area contributed by atoms with Crippen molar-refractivity contribution in [2.24, 2.45) is 11.8 Å². The van der Waals surface area contributed by atoms with Gasteiger partial charge in [0.25, 0.3) is 0 Å². The summed E-state index contributed by atoms with van der Waals surface area (Å²) in [5.41, 5.74) is 0. The van der Waals surface area contributed by atoms with Crippen LogP contribution in [0.5, 0.6) is 0 Å². The van der Waals surface area contributed by atoms with Crippen molar-refractivity contribution in [1.82, 2.24) is 0 Å². The summed E-state index contributed by atoms with van der Waals surface area (Å²) in [5.74, 6) is -0.320. The van der Waals surface area contributed by atoms with Gasteiger partial charge in [0.2, 0.25) is 0 Å². The summed E-state index contributed by atoms with van der Waals surface area (Å²) in [6.45, 7) is 1.93. The maximum Gasteiger partial charge on any atom is 0.311 e. The van der Waals surface area contributed by atoms with Crippen molar-refractivity contribution in [2.45, 2.75) is 58.0 Å². The molecule has 3 nitrogen and oxygen atoms in total. The van der Waals surface area contributed by atoms with E-state index in [2.05, 4.69) is 0 Å². The van der Waals surface area contributed by atoms with Crippen molar-refractivity contribution in [1.29, 1.82) is 0 Å². The van der Waals surface area contributed by atoms with Crippen LogP contribution in [0.25, 0.3) is 0 Å². The van der Waals surface area contributed by atoms with Gasteiger partial charge in [0.05, 0.1) is 19.1 Å². The molecule has 2 atom stereocenters. The standard InChI is InChI=1S/C13H24O3/c1-3-11(13(15)16-2)12(14)10-8-6-4-5-7-9-10/h10-12,14H,3-9H2,1-2H3. The van der Waals surface area contributed by atoms with E-state index in [0.717, 1.165) is 12.8 Å². The molecule has 0 aromatic carbocycles. The lowest BCUT2D eigenvalue weighted by Crippen LogP contribution is -2.34. The number of carbonyl (C=O) groups is 1. The molecule has 16 heavy (non-hydrogen) atoms. The highest BCUT2D eigenvalue weighted by atomic mass is 16.5. The van der Waals surface area contributed by atoms with Crippen LogP contribution in [0.15, 0.2) is 0 Å². The molecule has 94 valence electrons. The summed E-state index contributed by atoms with van der Waals surface area (Å²) in [4.78, 5) is 11.5. The fourth-order valence-corrected chi connectivity index (χ4v) is 2.68. The Labute approximate surface area is 98.2 Å². The zero-order chi connectivity index (χ0) is 12.0. The lowest BCUT2D eigenvalue weighted by molar-refractivity contribution is -0.151. The van der Waals surface area contributed by atoms with Gasteiger partial charge in [-0.15, -0.1) is 0 Å². The van der Waals surface area contributed by atoms with Crippen LogP contribution in [0.4, 0.5) is 0 Å². The highest BCUT2D eigenvalue weighted by molar-refractivity contribution is 5.72. The van der Waals surface area contributed by atoms with Gasteiger partial charge < -0.3 is 9.84 Å². The van der Waals surface area contributed by atoms with Gasteiger partial charge in [0.1, 0.15) is 0 Å². The minimum atomic E-state index is -0.518. The quantitative estimate of drug-likeness (QED) is 0.594. The number of rotatable bonds is 4. The third kappa shape index (κ3) is 3.48. The molecule has 0 radical (unpaired) electrons. The first kappa shape index (κ1) is 13.5. The van der Waals surface area contributed by atoms with E-state index in [4.69, 9.17) is 4.74 Å². The first-order valence-electron chi connectivity index (χ1n) is 6.46. The van der Waals surface area contributed by atoms with Crippen molar-refractivity contribution >= 4 is 5.97 Å². The van der Waals surface area contributed by atoms with E-state index < -0.39 is 6.10 Å². The molecular formula is C13H24O3. The van der Waals surface area contributed by atoms with E-state index in [9.17, 15) is 9.90 Å². The van der Waals surface area contributed by atoms with Crippen molar-refractivity contribution in [3.8, 4) is 0 Å². The Morgan fingerprint density at radius 3 is 2.31 bits per heavy atom. The highest BCUT2D eigenvalue weighted by Crippen LogP contribution is 2.30. The Balaban J connectivity index is 2.57. The fraction of sp³-hybridized carbons (Fsp3) is 0.923. The zero-order valence-electron chi connectivity index (χ0n) is 10.4. The Morgan fingerprint density at radius 1 is 1.31 bits per heavy atom.